The van der Waals surface area contributed by atoms with Gasteiger partial charge < -0.3 is 4.74 Å². The number of hydrogen-bond donors (Lipinski definition) is 0. The van der Waals surface area contributed by atoms with Crippen LogP contribution in [0.4, 0.5) is 0 Å². The molecule has 0 unspecified atom stereocenters. The summed E-state index contributed by atoms with van der Waals surface area (Å²) in [6.45, 7) is 0.416. The predicted molar refractivity (Wildman–Crippen MR) is 38.6 cm³/mol. The van der Waals surface area contributed by atoms with Crippen molar-refractivity contribution < 1.29 is 4.74 Å². The maximum absolute atomic E-state index is 11.1. The molecule has 4 nitrogen and oxygen atoms in total. The molecule has 0 amide bonds. The Bertz CT molecular complexity index is 354. The molecule has 1 aliphatic rings. The van der Waals surface area contributed by atoms with E-state index >= 15 is 0 Å². The highest BCUT2D eigenvalue weighted by molar-refractivity contribution is 5.25. The Morgan fingerprint density at radius 2 is 2.45 bits per heavy atom. The van der Waals surface area contributed by atoms with Crippen LogP contribution in [0.1, 0.15) is 5.69 Å². The van der Waals surface area contributed by atoms with Crippen molar-refractivity contribution in [2.24, 2.45) is 0 Å². The molecule has 1 aliphatic heterocycles. The Morgan fingerprint density at radius 1 is 1.55 bits per heavy atom. The largest absolute Gasteiger partial charge is 0.493 e. The monoisotopic (exact) mass is 150 g/mol. The molecule has 1 aromatic heterocycles. The Morgan fingerprint density at radius 3 is 3.27 bits per heavy atom. The van der Waals surface area contributed by atoms with E-state index in [0.29, 0.717) is 6.61 Å². The number of fused-ring (bicyclic) bond motifs is 1. The van der Waals surface area contributed by atoms with Crippen molar-refractivity contribution in [3.8, 4) is 0 Å². The SMILES string of the molecule is O=c1cncc2n1C=COC2. The third-order valence-electron chi connectivity index (χ3n) is 1.49. The van der Waals surface area contributed by atoms with Crippen LogP contribution in [0.2, 0.25) is 0 Å². The smallest absolute Gasteiger partial charge is 0.273 e. The first-order valence-electron chi connectivity index (χ1n) is 3.21. The molecule has 56 valence electrons. The van der Waals surface area contributed by atoms with Crippen molar-refractivity contribution in [1.82, 2.24) is 9.55 Å². The zero-order chi connectivity index (χ0) is 7.68. The molecule has 1 aromatic rings. The van der Waals surface area contributed by atoms with Gasteiger partial charge in [-0.1, -0.05) is 0 Å². The summed E-state index contributed by atoms with van der Waals surface area (Å²) >= 11 is 0. The van der Waals surface area contributed by atoms with E-state index in [-0.39, 0.29) is 5.56 Å². The van der Waals surface area contributed by atoms with Crippen LogP contribution in [-0.4, -0.2) is 9.55 Å². The van der Waals surface area contributed by atoms with Gasteiger partial charge in [-0.3, -0.25) is 14.3 Å². The molecule has 0 saturated heterocycles. The first-order chi connectivity index (χ1) is 5.38. The topological polar surface area (TPSA) is 44.1 Å². The molecule has 0 saturated carbocycles. The van der Waals surface area contributed by atoms with Gasteiger partial charge in [0.25, 0.3) is 5.56 Å². The molecule has 2 heterocycles. The lowest BCUT2D eigenvalue weighted by Gasteiger charge is -2.11. The van der Waals surface area contributed by atoms with Crippen LogP contribution < -0.4 is 5.56 Å². The van der Waals surface area contributed by atoms with Gasteiger partial charge >= 0.3 is 0 Å². The fourth-order valence-corrected chi connectivity index (χ4v) is 0.966. The summed E-state index contributed by atoms with van der Waals surface area (Å²) in [5, 5.41) is 0. The minimum absolute atomic E-state index is 0.123. The van der Waals surface area contributed by atoms with E-state index in [0.717, 1.165) is 5.69 Å². The van der Waals surface area contributed by atoms with Gasteiger partial charge in [0, 0.05) is 6.20 Å². The minimum Gasteiger partial charge on any atom is -0.493 e. The molecule has 0 fully saturated rings. The fraction of sp³-hybridized carbons (Fsp3) is 0.143. The first kappa shape index (κ1) is 6.15. The van der Waals surface area contributed by atoms with Crippen LogP contribution in [0.25, 0.3) is 6.20 Å². The van der Waals surface area contributed by atoms with E-state index in [1.165, 1.54) is 17.0 Å². The van der Waals surface area contributed by atoms with Gasteiger partial charge in [-0.2, -0.15) is 0 Å². The third kappa shape index (κ3) is 0.920. The van der Waals surface area contributed by atoms with Crippen LogP contribution in [0.3, 0.4) is 0 Å². The second-order valence-electron chi connectivity index (χ2n) is 2.20. The van der Waals surface area contributed by atoms with Crippen molar-refractivity contribution >= 4 is 6.20 Å². The highest BCUT2D eigenvalue weighted by Gasteiger charge is 2.04. The molecular formula is C7H6N2O2. The maximum Gasteiger partial charge on any atom is 0.273 e. The summed E-state index contributed by atoms with van der Waals surface area (Å²) < 4.78 is 6.48. The van der Waals surface area contributed by atoms with E-state index in [4.69, 9.17) is 4.74 Å². The molecule has 0 spiro atoms. The number of aromatic nitrogens is 2. The molecule has 0 radical (unpaired) electrons. The van der Waals surface area contributed by atoms with Crippen molar-refractivity contribution in [3.05, 3.63) is 34.7 Å². The number of hydrogen-bond acceptors (Lipinski definition) is 3. The van der Waals surface area contributed by atoms with E-state index < -0.39 is 0 Å². The lowest BCUT2D eigenvalue weighted by Crippen LogP contribution is -2.21. The summed E-state index contributed by atoms with van der Waals surface area (Å²) in [5.74, 6) is 0. The molecule has 0 aliphatic carbocycles. The average Bonchev–Trinajstić information content (AvgIpc) is 2.06. The van der Waals surface area contributed by atoms with Gasteiger partial charge in [-0.15, -0.1) is 0 Å². The van der Waals surface area contributed by atoms with Gasteiger partial charge in [0.1, 0.15) is 12.9 Å². The van der Waals surface area contributed by atoms with Gasteiger partial charge in [0.05, 0.1) is 18.1 Å². The number of nitrogens with zero attached hydrogens (tertiary/aromatic N) is 2. The Labute approximate surface area is 62.8 Å². The van der Waals surface area contributed by atoms with Gasteiger partial charge in [-0.05, 0) is 0 Å². The van der Waals surface area contributed by atoms with Crippen LogP contribution in [-0.2, 0) is 11.3 Å². The molecule has 0 atom stereocenters. The normalized spacial score (nSPS) is 13.8. The van der Waals surface area contributed by atoms with E-state index in [1.54, 1.807) is 12.4 Å². The van der Waals surface area contributed by atoms with Gasteiger partial charge in [-0.25, -0.2) is 0 Å². The molecule has 2 rings (SSSR count). The minimum atomic E-state index is -0.123. The second-order valence-corrected chi connectivity index (χ2v) is 2.20. The zero-order valence-corrected chi connectivity index (χ0v) is 5.73. The summed E-state index contributed by atoms with van der Waals surface area (Å²) in [5.41, 5.74) is 0.655. The highest BCUT2D eigenvalue weighted by atomic mass is 16.5. The second kappa shape index (κ2) is 2.23. The summed E-state index contributed by atoms with van der Waals surface area (Å²) in [4.78, 5) is 14.8. The quantitative estimate of drug-likeness (QED) is 0.530. The molecular weight excluding hydrogens is 144 g/mol. The number of rotatable bonds is 0. The fourth-order valence-electron chi connectivity index (χ4n) is 0.966. The van der Waals surface area contributed by atoms with Crippen molar-refractivity contribution in [1.29, 1.82) is 0 Å². The van der Waals surface area contributed by atoms with Crippen LogP contribution in [0, 0.1) is 0 Å². The molecule has 11 heavy (non-hydrogen) atoms. The highest BCUT2D eigenvalue weighted by Crippen LogP contribution is 2.03. The molecule has 0 aromatic carbocycles. The van der Waals surface area contributed by atoms with E-state index in [2.05, 4.69) is 4.98 Å². The maximum atomic E-state index is 11.1. The van der Waals surface area contributed by atoms with Crippen LogP contribution in [0.5, 0.6) is 0 Å². The first-order valence-corrected chi connectivity index (χ1v) is 3.21. The third-order valence-corrected chi connectivity index (χ3v) is 1.49. The van der Waals surface area contributed by atoms with Crippen molar-refractivity contribution in [2.75, 3.05) is 0 Å². The summed E-state index contributed by atoms with van der Waals surface area (Å²) in [6, 6.07) is 0. The lowest BCUT2D eigenvalue weighted by atomic mass is 10.4. The zero-order valence-electron chi connectivity index (χ0n) is 5.73. The van der Waals surface area contributed by atoms with E-state index in [9.17, 15) is 4.79 Å². The van der Waals surface area contributed by atoms with Gasteiger partial charge in [0.15, 0.2) is 0 Å². The Balaban J connectivity index is 2.70. The van der Waals surface area contributed by atoms with Crippen molar-refractivity contribution in [2.45, 2.75) is 6.61 Å². The Hall–Kier alpha value is -1.58. The molecule has 0 bridgehead atoms. The molecule has 4 heteroatoms. The molecule has 0 N–H and O–H groups in total. The van der Waals surface area contributed by atoms with Crippen LogP contribution >= 0.6 is 0 Å². The standard InChI is InChI=1S/C7H6N2O2/c10-7-4-8-3-6-5-11-2-1-9(6)7/h1-4H,5H2. The Kier molecular flexibility index (Phi) is 1.25. The predicted octanol–water partition coefficient (Wildman–Crippen LogP) is 0.202. The van der Waals surface area contributed by atoms with Gasteiger partial charge in [0.2, 0.25) is 0 Å². The summed E-state index contributed by atoms with van der Waals surface area (Å²) in [7, 11) is 0. The van der Waals surface area contributed by atoms with Crippen molar-refractivity contribution in [3.63, 3.8) is 0 Å². The average molecular weight is 150 g/mol. The van der Waals surface area contributed by atoms with E-state index in [1.807, 2.05) is 0 Å². The summed E-state index contributed by atoms with van der Waals surface area (Å²) in [6.07, 6.45) is 5.97. The van der Waals surface area contributed by atoms with Crippen LogP contribution in [0.15, 0.2) is 23.5 Å². The lowest BCUT2D eigenvalue weighted by molar-refractivity contribution is 0.222. The number of ether oxygens (including phenoxy) is 1.